The molecule has 1 aliphatic rings. The number of hydrogen-bond donors (Lipinski definition) is 1. The topological polar surface area (TPSA) is 55.4 Å². The first-order valence-corrected chi connectivity index (χ1v) is 5.01. The molecule has 0 radical (unpaired) electrons. The number of rotatable bonds is 2. The van der Waals surface area contributed by atoms with E-state index in [9.17, 15) is 9.59 Å². The molecule has 0 atom stereocenters. The summed E-state index contributed by atoms with van der Waals surface area (Å²) in [7, 11) is 0. The Morgan fingerprint density at radius 2 is 2.06 bits per heavy atom. The maximum Gasteiger partial charge on any atom is 0.332 e. The third-order valence-corrected chi connectivity index (χ3v) is 2.26. The molecule has 2 rings (SSSR count). The molecule has 82 valence electrons. The number of amides is 1. The van der Waals surface area contributed by atoms with Gasteiger partial charge in [-0.15, -0.1) is 0 Å². The molecule has 1 amide bonds. The Balaban J connectivity index is 2.34. The van der Waals surface area contributed by atoms with E-state index in [0.29, 0.717) is 17.9 Å². The van der Waals surface area contributed by atoms with Crippen LogP contribution in [-0.4, -0.2) is 18.5 Å². The molecule has 0 saturated heterocycles. The summed E-state index contributed by atoms with van der Waals surface area (Å²) in [5.74, 6) is -0.638. The summed E-state index contributed by atoms with van der Waals surface area (Å²) in [6.07, 6.45) is 1.30. The molecule has 1 N–H and O–H groups in total. The Bertz CT molecular complexity index is 477. The minimum absolute atomic E-state index is 0.189. The number of carbonyl (C=O) groups excluding carboxylic acids is 2. The van der Waals surface area contributed by atoms with Crippen LogP contribution >= 0.6 is 0 Å². The van der Waals surface area contributed by atoms with Gasteiger partial charge in [-0.1, -0.05) is 18.2 Å². The van der Waals surface area contributed by atoms with Gasteiger partial charge in [-0.05, 0) is 13.0 Å². The molecule has 0 unspecified atom stereocenters. The van der Waals surface area contributed by atoms with Crippen molar-refractivity contribution in [1.82, 2.24) is 5.32 Å². The van der Waals surface area contributed by atoms with Crippen LogP contribution in [-0.2, 0) is 9.53 Å². The molecule has 1 aliphatic heterocycles. The number of ether oxygens (including phenoxy) is 1. The monoisotopic (exact) mass is 217 g/mol. The lowest BCUT2D eigenvalue weighted by Crippen LogP contribution is -2.13. The lowest BCUT2D eigenvalue weighted by atomic mass is 10.1. The van der Waals surface area contributed by atoms with Gasteiger partial charge in [0.25, 0.3) is 5.91 Å². The van der Waals surface area contributed by atoms with Gasteiger partial charge in [-0.2, -0.15) is 0 Å². The zero-order valence-electron chi connectivity index (χ0n) is 8.82. The third-order valence-electron chi connectivity index (χ3n) is 2.26. The Kier molecular flexibility index (Phi) is 2.72. The molecule has 0 fully saturated rings. The van der Waals surface area contributed by atoms with Crippen molar-refractivity contribution in [3.63, 3.8) is 0 Å². The smallest absolute Gasteiger partial charge is 0.332 e. The van der Waals surface area contributed by atoms with E-state index in [0.717, 1.165) is 5.56 Å². The highest BCUT2D eigenvalue weighted by Crippen LogP contribution is 2.23. The summed E-state index contributed by atoms with van der Waals surface area (Å²) >= 11 is 0. The van der Waals surface area contributed by atoms with Crippen molar-refractivity contribution in [1.29, 1.82) is 0 Å². The van der Waals surface area contributed by atoms with Crippen LogP contribution in [0.15, 0.2) is 30.3 Å². The fourth-order valence-corrected chi connectivity index (χ4v) is 1.59. The number of fused-ring (bicyclic) bond motifs is 1. The van der Waals surface area contributed by atoms with Gasteiger partial charge in [-0.25, -0.2) is 4.79 Å². The van der Waals surface area contributed by atoms with Gasteiger partial charge in [0.2, 0.25) is 0 Å². The van der Waals surface area contributed by atoms with Crippen molar-refractivity contribution in [2.24, 2.45) is 0 Å². The van der Waals surface area contributed by atoms with Gasteiger partial charge >= 0.3 is 5.97 Å². The second kappa shape index (κ2) is 4.18. The highest BCUT2D eigenvalue weighted by Gasteiger charge is 2.23. The van der Waals surface area contributed by atoms with E-state index in [-0.39, 0.29) is 5.91 Å². The minimum Gasteiger partial charge on any atom is -0.463 e. The standard InChI is InChI=1S/C12H11NO3/c1-2-16-11(14)7-10-8-5-3-4-6-9(8)12(15)13-10/h3-7H,2H2,1H3,(H,13,15)/b10-7-. The first kappa shape index (κ1) is 10.4. The van der Waals surface area contributed by atoms with Crippen LogP contribution in [0.5, 0.6) is 0 Å². The summed E-state index contributed by atoms with van der Waals surface area (Å²) in [6.45, 7) is 2.05. The van der Waals surface area contributed by atoms with Crippen molar-refractivity contribution >= 4 is 17.6 Å². The Morgan fingerprint density at radius 3 is 2.75 bits per heavy atom. The summed E-state index contributed by atoms with van der Waals surface area (Å²) in [5.41, 5.74) is 1.82. The number of nitrogens with one attached hydrogen (secondary N) is 1. The Hall–Kier alpha value is -2.10. The number of hydrogen-bond acceptors (Lipinski definition) is 3. The quantitative estimate of drug-likeness (QED) is 0.600. The molecule has 0 aromatic heterocycles. The lowest BCUT2D eigenvalue weighted by Gasteiger charge is -1.99. The number of benzene rings is 1. The van der Waals surface area contributed by atoms with Crippen LogP contribution in [0, 0.1) is 0 Å². The summed E-state index contributed by atoms with van der Waals surface area (Å²) in [5, 5.41) is 2.63. The van der Waals surface area contributed by atoms with E-state index < -0.39 is 5.97 Å². The van der Waals surface area contributed by atoms with E-state index in [1.807, 2.05) is 6.07 Å². The van der Waals surface area contributed by atoms with Crippen LogP contribution in [0.2, 0.25) is 0 Å². The lowest BCUT2D eigenvalue weighted by molar-refractivity contribution is -0.137. The molecule has 4 heteroatoms. The summed E-state index contributed by atoms with van der Waals surface area (Å²) in [4.78, 5) is 22.8. The minimum atomic E-state index is -0.450. The van der Waals surface area contributed by atoms with Gasteiger partial charge in [-0.3, -0.25) is 4.79 Å². The largest absolute Gasteiger partial charge is 0.463 e. The van der Waals surface area contributed by atoms with Crippen molar-refractivity contribution in [3.8, 4) is 0 Å². The highest BCUT2D eigenvalue weighted by atomic mass is 16.5. The fourth-order valence-electron chi connectivity index (χ4n) is 1.59. The van der Waals surface area contributed by atoms with Crippen molar-refractivity contribution in [2.75, 3.05) is 6.61 Å². The Morgan fingerprint density at radius 1 is 1.38 bits per heavy atom. The van der Waals surface area contributed by atoms with Crippen LogP contribution in [0.1, 0.15) is 22.8 Å². The molecule has 0 aliphatic carbocycles. The normalized spacial score (nSPS) is 15.8. The molecule has 1 aromatic carbocycles. The first-order valence-electron chi connectivity index (χ1n) is 5.01. The maximum absolute atomic E-state index is 11.5. The molecule has 1 aromatic rings. The van der Waals surface area contributed by atoms with E-state index in [2.05, 4.69) is 5.32 Å². The molecule has 16 heavy (non-hydrogen) atoms. The molecular weight excluding hydrogens is 206 g/mol. The van der Waals surface area contributed by atoms with Gasteiger partial charge in [0, 0.05) is 17.2 Å². The van der Waals surface area contributed by atoms with Crippen LogP contribution in [0.25, 0.3) is 5.70 Å². The Labute approximate surface area is 92.9 Å². The molecule has 0 spiro atoms. The zero-order valence-corrected chi connectivity index (χ0v) is 8.82. The molecule has 0 saturated carbocycles. The summed E-state index contributed by atoms with van der Waals surface area (Å²) < 4.78 is 4.79. The maximum atomic E-state index is 11.5. The third kappa shape index (κ3) is 1.82. The predicted molar refractivity (Wildman–Crippen MR) is 58.5 cm³/mol. The van der Waals surface area contributed by atoms with E-state index in [1.165, 1.54) is 6.08 Å². The van der Waals surface area contributed by atoms with Crippen LogP contribution in [0.4, 0.5) is 0 Å². The van der Waals surface area contributed by atoms with Crippen molar-refractivity contribution < 1.29 is 14.3 Å². The van der Waals surface area contributed by atoms with E-state index in [1.54, 1.807) is 25.1 Å². The SMILES string of the molecule is CCOC(=O)/C=C1\NC(=O)c2ccccc21. The molecule has 4 nitrogen and oxygen atoms in total. The van der Waals surface area contributed by atoms with E-state index >= 15 is 0 Å². The van der Waals surface area contributed by atoms with Gasteiger partial charge in [0.15, 0.2) is 0 Å². The molecular formula is C12H11NO3. The number of esters is 1. The molecule has 0 bridgehead atoms. The average Bonchev–Trinajstić information content (AvgIpc) is 2.57. The summed E-state index contributed by atoms with van der Waals surface area (Å²) in [6, 6.07) is 7.11. The van der Waals surface area contributed by atoms with Crippen LogP contribution in [0.3, 0.4) is 0 Å². The number of carbonyl (C=O) groups is 2. The van der Waals surface area contributed by atoms with Gasteiger partial charge in [0.05, 0.1) is 12.3 Å². The predicted octanol–water partition coefficient (Wildman–Crippen LogP) is 1.33. The second-order valence-corrected chi connectivity index (χ2v) is 3.31. The molecule has 1 heterocycles. The van der Waals surface area contributed by atoms with Crippen LogP contribution < -0.4 is 5.32 Å². The van der Waals surface area contributed by atoms with E-state index in [4.69, 9.17) is 4.74 Å². The fraction of sp³-hybridized carbons (Fsp3) is 0.167. The first-order chi connectivity index (χ1) is 7.72. The highest BCUT2D eigenvalue weighted by molar-refractivity contribution is 6.11. The van der Waals surface area contributed by atoms with Crippen molar-refractivity contribution in [3.05, 3.63) is 41.5 Å². The zero-order chi connectivity index (χ0) is 11.5. The average molecular weight is 217 g/mol. The second-order valence-electron chi connectivity index (χ2n) is 3.31. The van der Waals surface area contributed by atoms with Crippen molar-refractivity contribution in [2.45, 2.75) is 6.92 Å². The van der Waals surface area contributed by atoms with Gasteiger partial charge < -0.3 is 10.1 Å². The van der Waals surface area contributed by atoms with Gasteiger partial charge in [0.1, 0.15) is 0 Å².